The summed E-state index contributed by atoms with van der Waals surface area (Å²) in [7, 11) is 0. The van der Waals surface area contributed by atoms with E-state index >= 15 is 0 Å². The zero-order valence-electron chi connectivity index (χ0n) is 13.4. The standard InChI is InChI=1S/C17H25N3O2/c1-12-14-6-2-3-7-15(14)20-16(19-12)10-18-17(21)9-13-5-4-8-22-11-13/h13H,2-11H2,1H3,(H,18,21). The van der Waals surface area contributed by atoms with Crippen molar-refractivity contribution in [1.82, 2.24) is 15.3 Å². The zero-order valence-corrected chi connectivity index (χ0v) is 13.4. The van der Waals surface area contributed by atoms with E-state index in [-0.39, 0.29) is 5.91 Å². The van der Waals surface area contributed by atoms with Gasteiger partial charge in [0, 0.05) is 31.0 Å². The number of amides is 1. The fourth-order valence-electron chi connectivity index (χ4n) is 3.40. The number of nitrogens with one attached hydrogen (secondary N) is 1. The minimum absolute atomic E-state index is 0.0782. The molecule has 0 spiro atoms. The van der Waals surface area contributed by atoms with Gasteiger partial charge in [-0.05, 0) is 56.9 Å². The number of aryl methyl sites for hydroxylation is 2. The molecule has 1 aliphatic heterocycles. The highest BCUT2D eigenvalue weighted by molar-refractivity contribution is 5.76. The summed E-state index contributed by atoms with van der Waals surface area (Å²) in [5.41, 5.74) is 3.58. The molecule has 1 aromatic rings. The van der Waals surface area contributed by atoms with Crippen LogP contribution in [0, 0.1) is 12.8 Å². The molecule has 5 nitrogen and oxygen atoms in total. The second-order valence-corrected chi connectivity index (χ2v) is 6.42. The van der Waals surface area contributed by atoms with Crippen molar-refractivity contribution in [3.8, 4) is 0 Å². The molecule has 1 saturated heterocycles. The Morgan fingerprint density at radius 3 is 2.95 bits per heavy atom. The third-order valence-electron chi connectivity index (χ3n) is 4.61. The monoisotopic (exact) mass is 303 g/mol. The molecule has 5 heteroatoms. The van der Waals surface area contributed by atoms with Crippen molar-refractivity contribution < 1.29 is 9.53 Å². The van der Waals surface area contributed by atoms with E-state index in [1.54, 1.807) is 0 Å². The number of aromatic nitrogens is 2. The number of hydrogen-bond acceptors (Lipinski definition) is 4. The van der Waals surface area contributed by atoms with Gasteiger partial charge in [0.1, 0.15) is 5.82 Å². The lowest BCUT2D eigenvalue weighted by atomic mass is 9.95. The van der Waals surface area contributed by atoms with Gasteiger partial charge in [0.05, 0.1) is 6.54 Å². The predicted octanol–water partition coefficient (Wildman–Crippen LogP) is 2.10. The first-order chi connectivity index (χ1) is 10.7. The molecule has 0 radical (unpaired) electrons. The van der Waals surface area contributed by atoms with Gasteiger partial charge in [0.15, 0.2) is 0 Å². The van der Waals surface area contributed by atoms with Crippen molar-refractivity contribution >= 4 is 5.91 Å². The van der Waals surface area contributed by atoms with Gasteiger partial charge >= 0.3 is 0 Å². The van der Waals surface area contributed by atoms with E-state index in [0.717, 1.165) is 43.8 Å². The molecule has 120 valence electrons. The SMILES string of the molecule is Cc1nc(CNC(=O)CC2CCCOC2)nc2c1CCCC2. The van der Waals surface area contributed by atoms with Gasteiger partial charge in [-0.3, -0.25) is 4.79 Å². The Morgan fingerprint density at radius 1 is 1.27 bits per heavy atom. The molecule has 1 atom stereocenters. The fourth-order valence-corrected chi connectivity index (χ4v) is 3.40. The van der Waals surface area contributed by atoms with Crippen LogP contribution in [0.15, 0.2) is 0 Å². The highest BCUT2D eigenvalue weighted by atomic mass is 16.5. The quantitative estimate of drug-likeness (QED) is 0.925. The summed E-state index contributed by atoms with van der Waals surface area (Å²) < 4.78 is 5.42. The van der Waals surface area contributed by atoms with Crippen LogP contribution in [0.2, 0.25) is 0 Å². The third kappa shape index (κ3) is 3.83. The first-order valence-electron chi connectivity index (χ1n) is 8.42. The smallest absolute Gasteiger partial charge is 0.220 e. The van der Waals surface area contributed by atoms with Gasteiger partial charge in [-0.15, -0.1) is 0 Å². The maximum absolute atomic E-state index is 12.0. The molecule has 3 rings (SSSR count). The largest absolute Gasteiger partial charge is 0.381 e. The Bertz CT molecular complexity index is 539. The van der Waals surface area contributed by atoms with Gasteiger partial charge in [-0.25, -0.2) is 9.97 Å². The first-order valence-corrected chi connectivity index (χ1v) is 8.42. The summed E-state index contributed by atoms with van der Waals surface area (Å²) in [4.78, 5) is 21.2. The summed E-state index contributed by atoms with van der Waals surface area (Å²) in [6.07, 6.45) is 7.26. The molecule has 1 aliphatic carbocycles. The lowest BCUT2D eigenvalue weighted by Gasteiger charge is -2.21. The van der Waals surface area contributed by atoms with Gasteiger partial charge in [-0.1, -0.05) is 0 Å². The van der Waals surface area contributed by atoms with Crippen LogP contribution >= 0.6 is 0 Å². The second-order valence-electron chi connectivity index (χ2n) is 6.42. The van der Waals surface area contributed by atoms with Crippen LogP contribution in [-0.2, 0) is 28.9 Å². The second kappa shape index (κ2) is 7.18. The van der Waals surface area contributed by atoms with Crippen LogP contribution in [0.25, 0.3) is 0 Å². The number of carbonyl (C=O) groups excluding carboxylic acids is 1. The summed E-state index contributed by atoms with van der Waals surface area (Å²) in [5.74, 6) is 1.18. The normalized spacial score (nSPS) is 21.2. The number of rotatable bonds is 4. The lowest BCUT2D eigenvalue weighted by molar-refractivity contribution is -0.123. The lowest BCUT2D eigenvalue weighted by Crippen LogP contribution is -2.29. The number of carbonyl (C=O) groups is 1. The maximum Gasteiger partial charge on any atom is 0.220 e. The minimum Gasteiger partial charge on any atom is -0.381 e. The molecule has 1 N–H and O–H groups in total. The topological polar surface area (TPSA) is 64.1 Å². The van der Waals surface area contributed by atoms with E-state index in [0.29, 0.717) is 25.5 Å². The van der Waals surface area contributed by atoms with Crippen LogP contribution in [0.1, 0.15) is 54.9 Å². The molecule has 1 fully saturated rings. The molecule has 1 unspecified atom stereocenters. The van der Waals surface area contributed by atoms with E-state index in [1.165, 1.54) is 24.1 Å². The third-order valence-corrected chi connectivity index (χ3v) is 4.61. The molecule has 2 aliphatic rings. The van der Waals surface area contributed by atoms with Gasteiger partial charge < -0.3 is 10.1 Å². The van der Waals surface area contributed by atoms with E-state index in [4.69, 9.17) is 4.74 Å². The van der Waals surface area contributed by atoms with Crippen molar-refractivity contribution in [1.29, 1.82) is 0 Å². The van der Waals surface area contributed by atoms with Crippen molar-refractivity contribution in [3.05, 3.63) is 22.8 Å². The van der Waals surface area contributed by atoms with Gasteiger partial charge in [0.25, 0.3) is 0 Å². The highest BCUT2D eigenvalue weighted by Gasteiger charge is 2.18. The molecule has 1 aromatic heterocycles. The summed E-state index contributed by atoms with van der Waals surface area (Å²) in [6.45, 7) is 4.03. The molecule has 2 heterocycles. The Kier molecular flexibility index (Phi) is 5.03. The average Bonchev–Trinajstić information content (AvgIpc) is 2.54. The fraction of sp³-hybridized carbons (Fsp3) is 0.706. The van der Waals surface area contributed by atoms with E-state index in [1.807, 2.05) is 0 Å². The summed E-state index contributed by atoms with van der Waals surface area (Å²) in [6, 6.07) is 0. The molecule has 0 saturated carbocycles. The Balaban J connectivity index is 1.54. The minimum atomic E-state index is 0.0782. The van der Waals surface area contributed by atoms with E-state index < -0.39 is 0 Å². The van der Waals surface area contributed by atoms with Crippen LogP contribution in [0.3, 0.4) is 0 Å². The van der Waals surface area contributed by atoms with Crippen LogP contribution in [-0.4, -0.2) is 29.1 Å². The molecular weight excluding hydrogens is 278 g/mol. The van der Waals surface area contributed by atoms with Crippen molar-refractivity contribution in [3.63, 3.8) is 0 Å². The zero-order chi connectivity index (χ0) is 15.4. The predicted molar refractivity (Wildman–Crippen MR) is 83.4 cm³/mol. The maximum atomic E-state index is 12.0. The van der Waals surface area contributed by atoms with Crippen molar-refractivity contribution in [2.24, 2.45) is 5.92 Å². The molecule has 22 heavy (non-hydrogen) atoms. The van der Waals surface area contributed by atoms with E-state index in [2.05, 4.69) is 22.2 Å². The summed E-state index contributed by atoms with van der Waals surface area (Å²) >= 11 is 0. The Hall–Kier alpha value is -1.49. The summed E-state index contributed by atoms with van der Waals surface area (Å²) in [5, 5.41) is 2.96. The van der Waals surface area contributed by atoms with Crippen LogP contribution in [0.4, 0.5) is 0 Å². The number of hydrogen-bond donors (Lipinski definition) is 1. The molecule has 0 bridgehead atoms. The van der Waals surface area contributed by atoms with Crippen LogP contribution in [0.5, 0.6) is 0 Å². The molecule has 1 amide bonds. The van der Waals surface area contributed by atoms with Crippen molar-refractivity contribution in [2.45, 2.75) is 58.4 Å². The number of fused-ring (bicyclic) bond motifs is 1. The Labute approximate surface area is 131 Å². The van der Waals surface area contributed by atoms with E-state index in [9.17, 15) is 4.79 Å². The van der Waals surface area contributed by atoms with Crippen LogP contribution < -0.4 is 5.32 Å². The molecular formula is C17H25N3O2. The van der Waals surface area contributed by atoms with Gasteiger partial charge in [0.2, 0.25) is 5.91 Å². The number of nitrogens with zero attached hydrogens (tertiary/aromatic N) is 2. The number of ether oxygens (including phenoxy) is 1. The highest BCUT2D eigenvalue weighted by Crippen LogP contribution is 2.21. The Morgan fingerprint density at radius 2 is 2.14 bits per heavy atom. The molecule has 0 aromatic carbocycles. The first kappa shape index (κ1) is 15.4. The van der Waals surface area contributed by atoms with Gasteiger partial charge in [-0.2, -0.15) is 0 Å². The average molecular weight is 303 g/mol. The van der Waals surface area contributed by atoms with Crippen molar-refractivity contribution in [2.75, 3.05) is 13.2 Å².